The van der Waals surface area contributed by atoms with E-state index >= 15 is 0 Å². The summed E-state index contributed by atoms with van der Waals surface area (Å²) in [5, 5.41) is 16.8. The zero-order valence-electron chi connectivity index (χ0n) is 17.8. The number of piperidine rings is 1. The smallest absolute Gasteiger partial charge is 0.366 e. The Morgan fingerprint density at radius 1 is 1.15 bits per heavy atom. The van der Waals surface area contributed by atoms with Gasteiger partial charge in [0.15, 0.2) is 0 Å². The number of rotatable bonds is 6. The van der Waals surface area contributed by atoms with E-state index in [9.17, 15) is 32.9 Å². The van der Waals surface area contributed by atoms with Crippen molar-refractivity contribution in [2.24, 2.45) is 5.92 Å². The Bertz CT molecular complexity index is 1050. The van der Waals surface area contributed by atoms with Crippen LogP contribution in [-0.4, -0.2) is 36.4 Å². The number of halogens is 3. The number of nitro groups is 1. The summed E-state index contributed by atoms with van der Waals surface area (Å²) in [6, 6.07) is 9.08. The monoisotopic (exact) mass is 464 g/mol. The molecule has 0 aromatic heterocycles. The molecule has 2 amide bonds. The van der Waals surface area contributed by atoms with Crippen LogP contribution in [0.3, 0.4) is 0 Å². The van der Waals surface area contributed by atoms with Gasteiger partial charge in [0.2, 0.25) is 5.91 Å². The van der Waals surface area contributed by atoms with Gasteiger partial charge in [0.25, 0.3) is 11.6 Å². The van der Waals surface area contributed by atoms with Crippen molar-refractivity contribution in [2.75, 3.05) is 29.9 Å². The van der Waals surface area contributed by atoms with Crippen molar-refractivity contribution in [2.45, 2.75) is 25.9 Å². The number of nitro benzene ring substituents is 1. The van der Waals surface area contributed by atoms with E-state index in [2.05, 4.69) is 10.6 Å². The van der Waals surface area contributed by atoms with Crippen molar-refractivity contribution >= 4 is 28.9 Å². The third kappa shape index (κ3) is 5.60. The molecule has 0 saturated carbocycles. The summed E-state index contributed by atoms with van der Waals surface area (Å²) in [4.78, 5) is 37.1. The number of nitrogens with one attached hydrogen (secondary N) is 2. The minimum absolute atomic E-state index is 0.0911. The van der Waals surface area contributed by atoms with E-state index in [-0.39, 0.29) is 30.6 Å². The lowest BCUT2D eigenvalue weighted by Crippen LogP contribution is -2.38. The van der Waals surface area contributed by atoms with Crippen LogP contribution in [0, 0.1) is 16.0 Å². The van der Waals surface area contributed by atoms with Crippen molar-refractivity contribution in [1.29, 1.82) is 0 Å². The van der Waals surface area contributed by atoms with Gasteiger partial charge in [0, 0.05) is 31.6 Å². The van der Waals surface area contributed by atoms with Crippen molar-refractivity contribution < 1.29 is 27.7 Å². The second kappa shape index (κ2) is 9.88. The maximum atomic E-state index is 12.9. The van der Waals surface area contributed by atoms with Crippen LogP contribution in [0.1, 0.15) is 35.7 Å². The number of anilines is 2. The van der Waals surface area contributed by atoms with Crippen LogP contribution < -0.4 is 15.5 Å². The molecule has 2 aromatic carbocycles. The van der Waals surface area contributed by atoms with Gasteiger partial charge in [-0.3, -0.25) is 19.7 Å². The number of para-hydroxylation sites is 1. The number of nitrogens with zero attached hydrogens (tertiary/aromatic N) is 2. The molecular weight excluding hydrogens is 441 g/mol. The first-order valence-electron chi connectivity index (χ1n) is 10.4. The number of hydrogen-bond acceptors (Lipinski definition) is 5. The molecule has 2 N–H and O–H groups in total. The van der Waals surface area contributed by atoms with E-state index in [0.29, 0.717) is 36.7 Å². The predicted molar refractivity (Wildman–Crippen MR) is 116 cm³/mol. The number of carbonyl (C=O) groups excluding carboxylic acids is 2. The van der Waals surface area contributed by atoms with Crippen molar-refractivity contribution in [3.05, 3.63) is 63.7 Å². The Morgan fingerprint density at radius 3 is 2.42 bits per heavy atom. The van der Waals surface area contributed by atoms with Crippen LogP contribution in [0.2, 0.25) is 0 Å². The maximum Gasteiger partial charge on any atom is 0.416 e. The minimum Gasteiger partial charge on any atom is -0.366 e. The average molecular weight is 464 g/mol. The van der Waals surface area contributed by atoms with Crippen LogP contribution in [-0.2, 0) is 11.0 Å². The van der Waals surface area contributed by atoms with E-state index in [4.69, 9.17) is 0 Å². The Hall–Kier alpha value is -3.63. The molecule has 1 aliphatic rings. The van der Waals surface area contributed by atoms with Crippen LogP contribution >= 0.6 is 0 Å². The van der Waals surface area contributed by atoms with Gasteiger partial charge < -0.3 is 15.5 Å². The lowest BCUT2D eigenvalue weighted by atomic mass is 9.95. The molecule has 3 rings (SSSR count). The topological polar surface area (TPSA) is 105 Å². The molecule has 11 heteroatoms. The molecule has 2 aromatic rings. The number of alkyl halides is 3. The Kier molecular flexibility index (Phi) is 7.19. The molecule has 0 bridgehead atoms. The van der Waals surface area contributed by atoms with Gasteiger partial charge in [0.1, 0.15) is 5.69 Å². The average Bonchev–Trinajstić information content (AvgIpc) is 2.78. The van der Waals surface area contributed by atoms with E-state index in [1.165, 1.54) is 0 Å². The summed E-state index contributed by atoms with van der Waals surface area (Å²) in [6.45, 7) is 2.76. The fourth-order valence-corrected chi connectivity index (χ4v) is 3.78. The van der Waals surface area contributed by atoms with E-state index in [0.717, 1.165) is 12.1 Å². The molecule has 8 nitrogen and oxygen atoms in total. The van der Waals surface area contributed by atoms with Crippen molar-refractivity contribution in [1.82, 2.24) is 5.32 Å². The molecular formula is C22H23F3N4O4. The first-order chi connectivity index (χ1) is 15.6. The van der Waals surface area contributed by atoms with Gasteiger partial charge >= 0.3 is 6.18 Å². The standard InChI is InChI=1S/C22H23F3N4O4/c1-2-26-21(31)16-5-3-4-6-17(16)27-20(30)14-9-11-28(12-10-14)18-8-7-15(22(23,24)25)13-19(18)29(32)33/h3-8,13-14H,2,9-12H2,1H3,(H,26,31)(H,27,30). The molecule has 1 saturated heterocycles. The third-order valence-electron chi connectivity index (χ3n) is 5.47. The molecule has 1 aliphatic heterocycles. The second-order valence-electron chi connectivity index (χ2n) is 7.61. The number of carbonyl (C=O) groups is 2. The zero-order valence-corrected chi connectivity index (χ0v) is 17.8. The lowest BCUT2D eigenvalue weighted by Gasteiger charge is -2.32. The Morgan fingerprint density at radius 2 is 1.82 bits per heavy atom. The number of amides is 2. The number of hydrogen-bond donors (Lipinski definition) is 2. The Balaban J connectivity index is 1.69. The molecule has 176 valence electrons. The van der Waals surface area contributed by atoms with Gasteiger partial charge in [0.05, 0.1) is 21.7 Å². The van der Waals surface area contributed by atoms with Gasteiger partial charge in [-0.15, -0.1) is 0 Å². The molecule has 0 unspecified atom stereocenters. The summed E-state index contributed by atoms with van der Waals surface area (Å²) in [6.07, 6.45) is -3.97. The van der Waals surface area contributed by atoms with Crippen LogP contribution in [0.5, 0.6) is 0 Å². The van der Waals surface area contributed by atoms with E-state index in [1.54, 1.807) is 36.1 Å². The van der Waals surface area contributed by atoms with Crippen LogP contribution in [0.15, 0.2) is 42.5 Å². The highest BCUT2D eigenvalue weighted by Crippen LogP contribution is 2.37. The first-order valence-corrected chi connectivity index (χ1v) is 10.4. The first kappa shape index (κ1) is 24.0. The van der Waals surface area contributed by atoms with Gasteiger partial charge in [-0.05, 0) is 44.0 Å². The summed E-state index contributed by atoms with van der Waals surface area (Å²) in [5.74, 6) is -0.997. The quantitative estimate of drug-likeness (QED) is 0.492. The van der Waals surface area contributed by atoms with Crippen molar-refractivity contribution in [3.63, 3.8) is 0 Å². The predicted octanol–water partition coefficient (Wildman–Crippen LogP) is 4.22. The molecule has 1 heterocycles. The third-order valence-corrected chi connectivity index (χ3v) is 5.47. The van der Waals surface area contributed by atoms with E-state index < -0.39 is 28.3 Å². The fourth-order valence-electron chi connectivity index (χ4n) is 3.78. The van der Waals surface area contributed by atoms with Gasteiger partial charge in [-0.25, -0.2) is 0 Å². The normalized spacial score (nSPS) is 14.6. The maximum absolute atomic E-state index is 12.9. The van der Waals surface area contributed by atoms with Crippen LogP contribution in [0.25, 0.3) is 0 Å². The summed E-state index contributed by atoms with van der Waals surface area (Å²) < 4.78 is 38.8. The van der Waals surface area contributed by atoms with E-state index in [1.807, 2.05) is 0 Å². The largest absolute Gasteiger partial charge is 0.416 e. The summed E-state index contributed by atoms with van der Waals surface area (Å²) in [7, 11) is 0. The van der Waals surface area contributed by atoms with Crippen molar-refractivity contribution in [3.8, 4) is 0 Å². The molecule has 33 heavy (non-hydrogen) atoms. The summed E-state index contributed by atoms with van der Waals surface area (Å²) in [5.41, 5.74) is -0.894. The van der Waals surface area contributed by atoms with Crippen LogP contribution in [0.4, 0.5) is 30.2 Å². The molecule has 0 spiro atoms. The number of benzene rings is 2. The summed E-state index contributed by atoms with van der Waals surface area (Å²) >= 11 is 0. The molecule has 1 fully saturated rings. The highest BCUT2D eigenvalue weighted by Gasteiger charge is 2.35. The highest BCUT2D eigenvalue weighted by atomic mass is 19.4. The van der Waals surface area contributed by atoms with Gasteiger partial charge in [-0.1, -0.05) is 12.1 Å². The zero-order chi connectivity index (χ0) is 24.2. The highest BCUT2D eigenvalue weighted by molar-refractivity contribution is 6.04. The molecule has 0 aliphatic carbocycles. The lowest BCUT2D eigenvalue weighted by molar-refractivity contribution is -0.384. The molecule has 0 atom stereocenters. The Labute approximate surface area is 187 Å². The second-order valence-corrected chi connectivity index (χ2v) is 7.61. The fraction of sp³-hybridized carbons (Fsp3) is 0.364. The minimum atomic E-state index is -4.68. The SMILES string of the molecule is CCNC(=O)c1ccccc1NC(=O)C1CCN(c2ccc(C(F)(F)F)cc2[N+](=O)[O-])CC1. The van der Waals surface area contributed by atoms with Gasteiger partial charge in [-0.2, -0.15) is 13.2 Å². The molecule has 0 radical (unpaired) electrons.